The lowest BCUT2D eigenvalue weighted by Crippen LogP contribution is -2.05. The number of methoxy groups -OCH3 is 1. The number of fused-ring (bicyclic) bond motifs is 1. The zero-order valence-corrected chi connectivity index (χ0v) is 16.7. The van der Waals surface area contributed by atoms with Crippen LogP contribution in [0.4, 0.5) is 18.3 Å². The van der Waals surface area contributed by atoms with Crippen molar-refractivity contribution in [3.05, 3.63) is 65.8 Å². The topological polar surface area (TPSA) is 47.0 Å². The van der Waals surface area contributed by atoms with Gasteiger partial charge in [-0.3, -0.25) is 4.98 Å². The van der Waals surface area contributed by atoms with Crippen LogP contribution in [-0.2, 0) is 6.18 Å². The van der Waals surface area contributed by atoms with Crippen LogP contribution in [0.5, 0.6) is 5.75 Å². The molecule has 4 aromatic rings. The van der Waals surface area contributed by atoms with Crippen molar-refractivity contribution < 1.29 is 17.9 Å². The van der Waals surface area contributed by atoms with E-state index >= 15 is 0 Å². The molecule has 0 radical (unpaired) electrons. The molecule has 0 saturated carbocycles. The van der Waals surface area contributed by atoms with Crippen LogP contribution in [0.25, 0.3) is 22.0 Å². The molecule has 0 atom stereocenters. The number of aromatic nitrogens is 2. The summed E-state index contributed by atoms with van der Waals surface area (Å²) in [6.45, 7) is 0. The molecule has 0 amide bonds. The molecule has 0 aliphatic rings. The van der Waals surface area contributed by atoms with Gasteiger partial charge in [0.15, 0.2) is 5.13 Å². The molecule has 4 rings (SSSR count). The van der Waals surface area contributed by atoms with E-state index in [9.17, 15) is 13.2 Å². The van der Waals surface area contributed by atoms with Crippen LogP contribution < -0.4 is 9.46 Å². The van der Waals surface area contributed by atoms with Gasteiger partial charge in [0.2, 0.25) is 0 Å². The number of anilines is 1. The highest BCUT2D eigenvalue weighted by Crippen LogP contribution is 2.39. The van der Waals surface area contributed by atoms with E-state index in [0.29, 0.717) is 5.56 Å². The number of pyridine rings is 1. The summed E-state index contributed by atoms with van der Waals surface area (Å²) in [6, 6.07) is 11.0. The van der Waals surface area contributed by atoms with E-state index in [1.165, 1.54) is 36.5 Å². The van der Waals surface area contributed by atoms with Crippen molar-refractivity contribution in [1.29, 1.82) is 0 Å². The first-order valence-electron chi connectivity index (χ1n) is 8.42. The van der Waals surface area contributed by atoms with Crippen LogP contribution in [0.15, 0.2) is 65.1 Å². The Hall–Kier alpha value is -2.78. The lowest BCUT2D eigenvalue weighted by Gasteiger charge is -2.14. The van der Waals surface area contributed by atoms with E-state index in [2.05, 4.69) is 14.7 Å². The van der Waals surface area contributed by atoms with Crippen LogP contribution in [0.1, 0.15) is 5.56 Å². The fourth-order valence-corrected chi connectivity index (χ4v) is 4.15. The first-order valence-corrected chi connectivity index (χ1v) is 10.1. The number of ether oxygens (including phenoxy) is 1. The Morgan fingerprint density at radius 3 is 2.59 bits per heavy atom. The summed E-state index contributed by atoms with van der Waals surface area (Å²) in [7, 11) is 1.36. The Morgan fingerprint density at radius 1 is 1.00 bits per heavy atom. The van der Waals surface area contributed by atoms with Crippen LogP contribution >= 0.6 is 23.3 Å². The fourth-order valence-electron chi connectivity index (χ4n) is 2.89. The highest BCUT2D eigenvalue weighted by atomic mass is 32.2. The standard InChI is InChI=1S/C20H14F3N3OS2/c1-27-18-10-12(20(21,22)23)2-4-16(18)14-6-7-24-17-11-13(3-5-15(14)17)29-26-19-25-8-9-28-19/h2-11H,1H3,(H,25,26). The molecule has 0 saturated heterocycles. The zero-order chi connectivity index (χ0) is 20.4. The van der Waals surface area contributed by atoms with Gasteiger partial charge in [-0.2, -0.15) is 13.2 Å². The molecule has 2 heterocycles. The van der Waals surface area contributed by atoms with E-state index in [-0.39, 0.29) is 5.75 Å². The normalized spacial score (nSPS) is 11.6. The Bertz CT molecular complexity index is 1150. The molecule has 0 fully saturated rings. The number of halogens is 3. The summed E-state index contributed by atoms with van der Waals surface area (Å²) in [5.74, 6) is 0.163. The summed E-state index contributed by atoms with van der Waals surface area (Å²) >= 11 is 2.91. The van der Waals surface area contributed by atoms with Crippen LogP contribution in [0, 0.1) is 0 Å². The Balaban J connectivity index is 1.71. The quantitative estimate of drug-likeness (QED) is 0.364. The van der Waals surface area contributed by atoms with Gasteiger partial charge in [0.1, 0.15) is 5.75 Å². The minimum Gasteiger partial charge on any atom is -0.496 e. The fraction of sp³-hybridized carbons (Fsp3) is 0.100. The van der Waals surface area contributed by atoms with E-state index < -0.39 is 11.7 Å². The van der Waals surface area contributed by atoms with Gasteiger partial charge in [0.25, 0.3) is 0 Å². The molecule has 0 aliphatic heterocycles. The molecule has 29 heavy (non-hydrogen) atoms. The number of rotatable bonds is 5. The number of benzene rings is 2. The number of nitrogens with zero attached hydrogens (tertiary/aromatic N) is 2. The summed E-state index contributed by atoms with van der Waals surface area (Å²) in [6.07, 6.45) is -1.07. The third-order valence-electron chi connectivity index (χ3n) is 4.22. The summed E-state index contributed by atoms with van der Waals surface area (Å²) in [5.41, 5.74) is 1.32. The van der Waals surface area contributed by atoms with Gasteiger partial charge < -0.3 is 9.46 Å². The SMILES string of the molecule is COc1cc(C(F)(F)F)ccc1-c1ccnc2cc(SNc3nccs3)ccc12. The molecule has 9 heteroatoms. The number of hydrogen-bond donors (Lipinski definition) is 1. The Morgan fingerprint density at radius 2 is 1.86 bits per heavy atom. The first-order chi connectivity index (χ1) is 14.0. The molecule has 1 N–H and O–H groups in total. The highest BCUT2D eigenvalue weighted by Gasteiger charge is 2.31. The van der Waals surface area contributed by atoms with Crippen molar-refractivity contribution in [2.45, 2.75) is 11.1 Å². The van der Waals surface area contributed by atoms with Crippen molar-refractivity contribution >= 4 is 39.3 Å². The van der Waals surface area contributed by atoms with Gasteiger partial charge in [-0.25, -0.2) is 4.98 Å². The summed E-state index contributed by atoms with van der Waals surface area (Å²) < 4.78 is 47.5. The van der Waals surface area contributed by atoms with Gasteiger partial charge in [-0.15, -0.1) is 11.3 Å². The molecule has 4 nitrogen and oxygen atoms in total. The maximum absolute atomic E-state index is 13.0. The number of alkyl halides is 3. The molecule has 0 unspecified atom stereocenters. The minimum atomic E-state index is -4.43. The third kappa shape index (κ3) is 4.15. The molecule has 2 aromatic heterocycles. The van der Waals surface area contributed by atoms with Crippen molar-refractivity contribution in [1.82, 2.24) is 9.97 Å². The number of thiazole rings is 1. The molecular weight excluding hydrogens is 419 g/mol. The van der Waals surface area contributed by atoms with Crippen molar-refractivity contribution in [2.24, 2.45) is 0 Å². The molecule has 0 bridgehead atoms. The van der Waals surface area contributed by atoms with Gasteiger partial charge in [0, 0.05) is 33.6 Å². The second-order valence-electron chi connectivity index (χ2n) is 5.99. The van der Waals surface area contributed by atoms with Crippen molar-refractivity contribution in [3.8, 4) is 16.9 Å². The Labute approximate surface area is 172 Å². The Kier molecular flexibility index (Phi) is 5.33. The summed E-state index contributed by atoms with van der Waals surface area (Å²) in [5, 5.41) is 3.50. The average Bonchev–Trinajstić information content (AvgIpc) is 3.24. The average molecular weight is 433 g/mol. The van der Waals surface area contributed by atoms with Crippen molar-refractivity contribution in [2.75, 3.05) is 11.8 Å². The highest BCUT2D eigenvalue weighted by molar-refractivity contribution is 8.00. The van der Waals surface area contributed by atoms with Crippen LogP contribution in [-0.4, -0.2) is 17.1 Å². The summed E-state index contributed by atoms with van der Waals surface area (Å²) in [4.78, 5) is 9.52. The third-order valence-corrected chi connectivity index (χ3v) is 5.82. The smallest absolute Gasteiger partial charge is 0.416 e. The maximum atomic E-state index is 13.0. The van der Waals surface area contributed by atoms with Crippen molar-refractivity contribution in [3.63, 3.8) is 0 Å². The van der Waals surface area contributed by atoms with E-state index in [4.69, 9.17) is 4.74 Å². The van der Waals surface area contributed by atoms with Crippen LogP contribution in [0.3, 0.4) is 0 Å². The molecule has 0 aliphatic carbocycles. The second kappa shape index (κ2) is 7.92. The first kappa shape index (κ1) is 19.5. The number of nitrogens with one attached hydrogen (secondary N) is 1. The lowest BCUT2D eigenvalue weighted by molar-refractivity contribution is -0.137. The van der Waals surface area contributed by atoms with Gasteiger partial charge in [0.05, 0.1) is 18.2 Å². The van der Waals surface area contributed by atoms with Gasteiger partial charge in [-0.1, -0.05) is 12.1 Å². The largest absolute Gasteiger partial charge is 0.496 e. The van der Waals surface area contributed by atoms with Gasteiger partial charge in [-0.05, 0) is 47.8 Å². The molecule has 0 spiro atoms. The van der Waals surface area contributed by atoms with Gasteiger partial charge >= 0.3 is 6.18 Å². The second-order valence-corrected chi connectivity index (χ2v) is 7.77. The lowest BCUT2D eigenvalue weighted by atomic mass is 9.99. The number of hydrogen-bond acceptors (Lipinski definition) is 6. The van der Waals surface area contributed by atoms with E-state index in [1.54, 1.807) is 18.5 Å². The predicted molar refractivity (Wildman–Crippen MR) is 110 cm³/mol. The minimum absolute atomic E-state index is 0.163. The molecular formula is C20H14F3N3OS2. The van der Waals surface area contributed by atoms with E-state index in [0.717, 1.165) is 38.6 Å². The van der Waals surface area contributed by atoms with Crippen LogP contribution in [0.2, 0.25) is 0 Å². The predicted octanol–water partition coefficient (Wildman–Crippen LogP) is 6.50. The zero-order valence-electron chi connectivity index (χ0n) is 15.0. The monoisotopic (exact) mass is 433 g/mol. The molecule has 148 valence electrons. The molecule has 2 aromatic carbocycles. The maximum Gasteiger partial charge on any atom is 0.416 e. The van der Waals surface area contributed by atoms with E-state index in [1.807, 2.05) is 23.6 Å².